The molecule has 3 aromatic rings. The Hall–Kier alpha value is -4.18. The van der Waals surface area contributed by atoms with Gasteiger partial charge in [0.1, 0.15) is 17.1 Å². The molecular formula is C33H42GdN7O12-3. The predicted molar refractivity (Wildman–Crippen MR) is 180 cm³/mol. The molecule has 0 spiro atoms. The molecule has 292 valence electrons. The quantitative estimate of drug-likeness (QED) is 0.0931. The molecule has 19 nitrogen and oxygen atoms in total. The van der Waals surface area contributed by atoms with Crippen LogP contribution in [0.25, 0.3) is 0 Å². The fourth-order valence-electron chi connectivity index (χ4n) is 5.06. The summed E-state index contributed by atoms with van der Waals surface area (Å²) in [6.07, 6.45) is 3.96. The zero-order valence-corrected chi connectivity index (χ0v) is 31.8. The first kappa shape index (κ1) is 45.0. The van der Waals surface area contributed by atoms with Crippen molar-refractivity contribution in [3.05, 3.63) is 84.5 Å². The SMILES string of the molecule is COCCn1ccc(=O)c([O-])c1C(=O)NCCN(CCNC(=O)c1c([O-])c(=O)ccn1CCOC)CCNC(=O)c1c([O-])c(=O)ccn1CCOC.[Gd]. The summed E-state index contributed by atoms with van der Waals surface area (Å²) in [5.41, 5.74) is -3.68. The maximum absolute atomic E-state index is 13.1. The van der Waals surface area contributed by atoms with Crippen LogP contribution < -0.4 is 47.6 Å². The van der Waals surface area contributed by atoms with Gasteiger partial charge in [0.25, 0.3) is 17.7 Å². The second kappa shape index (κ2) is 22.8. The Kier molecular flexibility index (Phi) is 19.3. The molecule has 0 bridgehead atoms. The van der Waals surface area contributed by atoms with Crippen molar-refractivity contribution >= 4 is 17.7 Å². The van der Waals surface area contributed by atoms with Crippen LogP contribution in [0.3, 0.4) is 0 Å². The molecule has 20 heteroatoms. The minimum absolute atomic E-state index is 0. The molecule has 3 amide bonds. The number of amides is 3. The van der Waals surface area contributed by atoms with Gasteiger partial charge in [-0.15, -0.1) is 0 Å². The molecule has 3 heterocycles. The van der Waals surface area contributed by atoms with Gasteiger partial charge < -0.3 is 59.2 Å². The van der Waals surface area contributed by atoms with Crippen LogP contribution in [0.1, 0.15) is 31.5 Å². The largest absolute Gasteiger partial charge is 0.868 e. The topological polar surface area (TPSA) is 253 Å². The van der Waals surface area contributed by atoms with Crippen molar-refractivity contribution in [1.29, 1.82) is 0 Å². The summed E-state index contributed by atoms with van der Waals surface area (Å²) >= 11 is 0. The Morgan fingerprint density at radius 3 is 1.08 bits per heavy atom. The Morgan fingerprint density at radius 1 is 0.566 bits per heavy atom. The summed E-state index contributed by atoms with van der Waals surface area (Å²) in [6, 6.07) is 3.18. The average Bonchev–Trinajstić information content (AvgIpc) is 3.12. The molecule has 3 rings (SSSR count). The molecule has 0 unspecified atom stereocenters. The van der Waals surface area contributed by atoms with Crippen molar-refractivity contribution in [3.63, 3.8) is 0 Å². The van der Waals surface area contributed by atoms with E-state index in [0.29, 0.717) is 0 Å². The van der Waals surface area contributed by atoms with Gasteiger partial charge in [-0.25, -0.2) is 0 Å². The van der Waals surface area contributed by atoms with E-state index in [9.17, 15) is 44.1 Å². The van der Waals surface area contributed by atoms with Gasteiger partial charge in [0, 0.05) is 157 Å². The number of aromatic nitrogens is 3. The minimum Gasteiger partial charge on any atom is -0.868 e. The number of rotatable bonds is 21. The van der Waals surface area contributed by atoms with Gasteiger partial charge in [-0.1, -0.05) is 0 Å². The van der Waals surface area contributed by atoms with Crippen LogP contribution >= 0.6 is 0 Å². The number of methoxy groups -OCH3 is 3. The van der Waals surface area contributed by atoms with Crippen molar-refractivity contribution in [1.82, 2.24) is 34.6 Å². The van der Waals surface area contributed by atoms with Gasteiger partial charge in [-0.2, -0.15) is 0 Å². The monoisotopic (exact) mass is 886 g/mol. The number of nitrogens with one attached hydrogen (secondary N) is 3. The number of carbonyl (C=O) groups is 3. The molecule has 0 saturated carbocycles. The summed E-state index contributed by atoms with van der Waals surface area (Å²) in [6.45, 7) is 1.10. The summed E-state index contributed by atoms with van der Waals surface area (Å²) in [5, 5.41) is 45.5. The van der Waals surface area contributed by atoms with Crippen LogP contribution in [0, 0.1) is 39.9 Å². The van der Waals surface area contributed by atoms with Crippen molar-refractivity contribution in [3.8, 4) is 17.2 Å². The van der Waals surface area contributed by atoms with Crippen LogP contribution in [-0.4, -0.2) is 117 Å². The number of pyridine rings is 3. The summed E-state index contributed by atoms with van der Waals surface area (Å²) < 4.78 is 19.0. The Morgan fingerprint density at radius 2 is 0.830 bits per heavy atom. The molecule has 0 aliphatic heterocycles. The van der Waals surface area contributed by atoms with E-state index in [1.165, 1.54) is 53.6 Å². The third-order valence-electron chi connectivity index (χ3n) is 7.79. The fourth-order valence-corrected chi connectivity index (χ4v) is 5.06. The van der Waals surface area contributed by atoms with E-state index < -0.39 is 51.3 Å². The molecule has 0 aromatic carbocycles. The average molecular weight is 886 g/mol. The van der Waals surface area contributed by atoms with Gasteiger partial charge in [0.15, 0.2) is 16.3 Å². The van der Waals surface area contributed by atoms with E-state index in [4.69, 9.17) is 14.2 Å². The van der Waals surface area contributed by atoms with Crippen LogP contribution in [0.2, 0.25) is 0 Å². The van der Waals surface area contributed by atoms with Gasteiger partial charge in [0.05, 0.1) is 19.8 Å². The molecule has 0 saturated heterocycles. The third kappa shape index (κ3) is 12.7. The molecule has 3 N–H and O–H groups in total. The second-order valence-electron chi connectivity index (χ2n) is 11.2. The minimum atomic E-state index is -0.983. The smallest absolute Gasteiger partial charge is 0.267 e. The van der Waals surface area contributed by atoms with Crippen molar-refractivity contribution in [2.75, 3.05) is 80.4 Å². The van der Waals surface area contributed by atoms with E-state index >= 15 is 0 Å². The number of nitrogens with zero attached hydrogens (tertiary/aromatic N) is 4. The van der Waals surface area contributed by atoms with E-state index in [-0.39, 0.29) is 136 Å². The second-order valence-corrected chi connectivity index (χ2v) is 11.2. The maximum Gasteiger partial charge on any atom is 0.267 e. The van der Waals surface area contributed by atoms with Gasteiger partial charge in [-0.3, -0.25) is 33.7 Å². The molecule has 0 atom stereocenters. The molecule has 0 aliphatic carbocycles. The first-order chi connectivity index (χ1) is 24.9. The van der Waals surface area contributed by atoms with Crippen molar-refractivity contribution in [2.45, 2.75) is 19.6 Å². The van der Waals surface area contributed by atoms with E-state index in [0.717, 1.165) is 18.2 Å². The van der Waals surface area contributed by atoms with Crippen LogP contribution in [0.4, 0.5) is 0 Å². The summed E-state index contributed by atoms with van der Waals surface area (Å²) in [4.78, 5) is 77.0. The van der Waals surface area contributed by atoms with Gasteiger partial charge >= 0.3 is 0 Å². The van der Waals surface area contributed by atoms with Crippen LogP contribution in [0.5, 0.6) is 17.2 Å². The first-order valence-corrected chi connectivity index (χ1v) is 16.2. The zero-order valence-electron chi connectivity index (χ0n) is 29.5. The van der Waals surface area contributed by atoms with Gasteiger partial charge in [-0.05, 0) is 17.2 Å². The molecule has 0 radical (unpaired) electrons. The Balaban J connectivity index is 0.00000972. The molecule has 0 fully saturated rings. The maximum atomic E-state index is 13.1. The Labute approximate surface area is 336 Å². The molecule has 53 heavy (non-hydrogen) atoms. The van der Waals surface area contributed by atoms with Gasteiger partial charge in [0.2, 0.25) is 0 Å². The number of hydrogen-bond acceptors (Lipinski definition) is 13. The standard InChI is InChI=1S/C33H45N7O12.Gd/c1-50-19-16-38-10-4-22(41)28(44)25(38)31(47)34-7-13-37(14-8-35-32(48)26-29(45)23(42)5-11-39(26)17-20-51-2)15-9-36-33(49)27-30(46)24(43)6-12-40(27)18-21-52-3;/h4-6,10-12,44-46H,7-9,13-21H2,1-3H3,(H,34,47)(H,35,48)(H,36,49);/p-3. The predicted octanol–water partition coefficient (Wildman–Crippen LogP) is -3.78. The first-order valence-electron chi connectivity index (χ1n) is 16.2. The Bertz CT molecular complexity index is 1670. The zero-order chi connectivity index (χ0) is 38.2. The number of hydrogen-bond donors (Lipinski definition) is 3. The summed E-state index contributed by atoms with van der Waals surface area (Å²) in [5.74, 6) is -5.36. The normalized spacial score (nSPS) is 10.9. The summed E-state index contributed by atoms with van der Waals surface area (Å²) in [7, 11) is 4.33. The van der Waals surface area contributed by atoms with Crippen LogP contribution in [0.15, 0.2) is 51.2 Å². The van der Waals surface area contributed by atoms with E-state index in [1.807, 2.05) is 0 Å². The molecular weight excluding hydrogens is 844 g/mol. The van der Waals surface area contributed by atoms with Crippen LogP contribution in [-0.2, 0) is 33.8 Å². The fraction of sp³-hybridized carbons (Fsp3) is 0.455. The van der Waals surface area contributed by atoms with Crippen molar-refractivity contribution < 1.29 is 83.9 Å². The number of carbonyl (C=O) groups excluding carboxylic acids is 3. The third-order valence-corrected chi connectivity index (χ3v) is 7.79. The molecule has 0 aliphatic rings. The van der Waals surface area contributed by atoms with Crippen molar-refractivity contribution in [2.24, 2.45) is 0 Å². The van der Waals surface area contributed by atoms with E-state index in [2.05, 4.69) is 16.0 Å². The van der Waals surface area contributed by atoms with E-state index in [1.54, 1.807) is 4.90 Å². The number of ether oxygens (including phenoxy) is 3. The molecule has 3 aromatic heterocycles.